The number of rotatable bonds is 6. The average Bonchev–Trinajstić information content (AvgIpc) is 2.41. The van der Waals surface area contributed by atoms with Gasteiger partial charge in [0.15, 0.2) is 0 Å². The van der Waals surface area contributed by atoms with E-state index in [1.807, 2.05) is 63.1 Å². The van der Waals surface area contributed by atoms with Crippen LogP contribution >= 0.6 is 0 Å². The molecule has 0 unspecified atom stereocenters. The Labute approximate surface area is 126 Å². The molecule has 0 saturated heterocycles. The Morgan fingerprint density at radius 2 is 1.81 bits per heavy atom. The van der Waals surface area contributed by atoms with Crippen LogP contribution in [-0.2, 0) is 16.0 Å². The third-order valence-electron chi connectivity index (χ3n) is 3.51. The van der Waals surface area contributed by atoms with E-state index in [-0.39, 0.29) is 18.0 Å². The number of benzene rings is 1. The molecule has 0 aliphatic heterocycles. The summed E-state index contributed by atoms with van der Waals surface area (Å²) in [7, 11) is 1.88. The topological polar surface area (TPSA) is 69.6 Å². The molecule has 0 bridgehead atoms. The molecule has 116 valence electrons. The summed E-state index contributed by atoms with van der Waals surface area (Å²) >= 11 is 0. The lowest BCUT2D eigenvalue weighted by Crippen LogP contribution is -2.54. The van der Waals surface area contributed by atoms with Crippen molar-refractivity contribution in [2.24, 2.45) is 0 Å². The highest BCUT2D eigenvalue weighted by molar-refractivity contribution is 5.85. The van der Waals surface area contributed by atoms with Crippen LogP contribution < -0.4 is 5.32 Å². The van der Waals surface area contributed by atoms with E-state index in [0.29, 0.717) is 6.42 Å². The van der Waals surface area contributed by atoms with Gasteiger partial charge < -0.3 is 10.4 Å². The number of hydrogen-bond donors (Lipinski definition) is 2. The van der Waals surface area contributed by atoms with Gasteiger partial charge in [0, 0.05) is 5.54 Å². The number of amides is 1. The van der Waals surface area contributed by atoms with Crippen LogP contribution in [0.3, 0.4) is 0 Å². The van der Waals surface area contributed by atoms with E-state index in [4.69, 9.17) is 5.11 Å². The van der Waals surface area contributed by atoms with Crippen molar-refractivity contribution >= 4 is 11.9 Å². The van der Waals surface area contributed by atoms with Crippen LogP contribution in [0.2, 0.25) is 0 Å². The van der Waals surface area contributed by atoms with Gasteiger partial charge in [-0.25, -0.2) is 0 Å². The molecule has 5 heteroatoms. The summed E-state index contributed by atoms with van der Waals surface area (Å²) < 4.78 is 0. The summed E-state index contributed by atoms with van der Waals surface area (Å²) in [5, 5.41) is 11.2. The molecule has 0 radical (unpaired) electrons. The van der Waals surface area contributed by atoms with Gasteiger partial charge in [0.05, 0.1) is 6.04 Å². The second-order valence-electron chi connectivity index (χ2n) is 6.10. The molecule has 1 aromatic rings. The minimum Gasteiger partial charge on any atom is -0.480 e. The molecule has 1 rings (SSSR count). The quantitative estimate of drug-likeness (QED) is 0.834. The van der Waals surface area contributed by atoms with E-state index in [2.05, 4.69) is 5.32 Å². The fourth-order valence-electron chi connectivity index (χ4n) is 1.99. The van der Waals surface area contributed by atoms with E-state index >= 15 is 0 Å². The lowest BCUT2D eigenvalue weighted by atomic mass is 9.98. The van der Waals surface area contributed by atoms with Crippen LogP contribution in [0.4, 0.5) is 0 Å². The Hall–Kier alpha value is -1.88. The van der Waals surface area contributed by atoms with Gasteiger partial charge in [-0.15, -0.1) is 0 Å². The molecule has 1 amide bonds. The van der Waals surface area contributed by atoms with Crippen LogP contribution in [0.1, 0.15) is 26.3 Å². The number of aliphatic carboxylic acids is 1. The zero-order valence-corrected chi connectivity index (χ0v) is 13.1. The lowest BCUT2D eigenvalue weighted by Gasteiger charge is -2.38. The Morgan fingerprint density at radius 3 is 2.29 bits per heavy atom. The van der Waals surface area contributed by atoms with Gasteiger partial charge >= 0.3 is 5.97 Å². The average molecular weight is 292 g/mol. The van der Waals surface area contributed by atoms with Gasteiger partial charge in [-0.2, -0.15) is 0 Å². The van der Waals surface area contributed by atoms with E-state index in [0.717, 1.165) is 5.56 Å². The molecular weight excluding hydrogens is 268 g/mol. The minimum absolute atomic E-state index is 0.194. The first-order chi connectivity index (χ1) is 9.71. The maximum atomic E-state index is 12.3. The van der Waals surface area contributed by atoms with Gasteiger partial charge in [0.1, 0.15) is 6.54 Å². The van der Waals surface area contributed by atoms with Gasteiger partial charge in [0.25, 0.3) is 0 Å². The predicted octanol–water partition coefficient (Wildman–Crippen LogP) is 1.53. The van der Waals surface area contributed by atoms with Crippen molar-refractivity contribution in [3.8, 4) is 0 Å². The van der Waals surface area contributed by atoms with Crippen molar-refractivity contribution in [2.75, 3.05) is 13.6 Å². The standard InChI is InChI=1S/C16H24N2O3/c1-16(2,3)18(4)13(15(21)17-11-14(19)20)10-12-8-6-5-7-9-12/h5-9,13H,10-11H2,1-4H3,(H,17,21)(H,19,20)/t13-/m0/s1. The zero-order valence-electron chi connectivity index (χ0n) is 13.1. The first-order valence-electron chi connectivity index (χ1n) is 6.98. The normalized spacial score (nSPS) is 13.0. The fourth-order valence-corrected chi connectivity index (χ4v) is 1.99. The van der Waals surface area contributed by atoms with E-state index in [1.165, 1.54) is 0 Å². The molecule has 2 N–H and O–H groups in total. The molecular formula is C16H24N2O3. The Balaban J connectivity index is 2.89. The van der Waals surface area contributed by atoms with Crippen molar-refractivity contribution in [1.82, 2.24) is 10.2 Å². The van der Waals surface area contributed by atoms with Crippen LogP contribution in [0.15, 0.2) is 30.3 Å². The second kappa shape index (κ2) is 7.22. The molecule has 0 spiro atoms. The monoisotopic (exact) mass is 292 g/mol. The molecule has 0 heterocycles. The van der Waals surface area contributed by atoms with Crippen LogP contribution in [0, 0.1) is 0 Å². The summed E-state index contributed by atoms with van der Waals surface area (Å²) in [5.41, 5.74) is 0.851. The number of carbonyl (C=O) groups is 2. The third kappa shape index (κ3) is 5.55. The van der Waals surface area contributed by atoms with E-state index in [1.54, 1.807) is 0 Å². The smallest absolute Gasteiger partial charge is 0.322 e. The van der Waals surface area contributed by atoms with Gasteiger partial charge in [-0.1, -0.05) is 30.3 Å². The summed E-state index contributed by atoms with van der Waals surface area (Å²) in [4.78, 5) is 24.9. The Bertz CT molecular complexity index is 480. The Morgan fingerprint density at radius 1 is 1.24 bits per heavy atom. The number of hydrogen-bond acceptors (Lipinski definition) is 3. The maximum absolute atomic E-state index is 12.3. The molecule has 0 fully saturated rings. The Kier molecular flexibility index (Phi) is 5.90. The second-order valence-corrected chi connectivity index (χ2v) is 6.10. The molecule has 0 aliphatic carbocycles. The molecule has 1 atom stereocenters. The molecule has 1 aromatic carbocycles. The van der Waals surface area contributed by atoms with Crippen molar-refractivity contribution in [3.05, 3.63) is 35.9 Å². The van der Waals surface area contributed by atoms with Crippen molar-refractivity contribution < 1.29 is 14.7 Å². The summed E-state index contributed by atoms with van der Waals surface area (Å²) in [5.74, 6) is -1.31. The highest BCUT2D eigenvalue weighted by Crippen LogP contribution is 2.18. The van der Waals surface area contributed by atoms with Gasteiger partial charge in [-0.05, 0) is 39.8 Å². The van der Waals surface area contributed by atoms with Gasteiger partial charge in [-0.3, -0.25) is 14.5 Å². The van der Waals surface area contributed by atoms with E-state index < -0.39 is 12.0 Å². The predicted molar refractivity (Wildman–Crippen MR) is 82.1 cm³/mol. The minimum atomic E-state index is -1.04. The third-order valence-corrected chi connectivity index (χ3v) is 3.51. The lowest BCUT2D eigenvalue weighted by molar-refractivity contribution is -0.139. The van der Waals surface area contributed by atoms with Crippen LogP contribution in [-0.4, -0.2) is 47.1 Å². The first-order valence-corrected chi connectivity index (χ1v) is 6.98. The van der Waals surface area contributed by atoms with Crippen molar-refractivity contribution in [3.63, 3.8) is 0 Å². The molecule has 0 saturated carbocycles. The summed E-state index contributed by atoms with van der Waals surface area (Å²) in [6, 6.07) is 9.31. The highest BCUT2D eigenvalue weighted by Gasteiger charge is 2.30. The molecule has 5 nitrogen and oxygen atoms in total. The fraction of sp³-hybridized carbons (Fsp3) is 0.500. The number of carbonyl (C=O) groups excluding carboxylic acids is 1. The van der Waals surface area contributed by atoms with Crippen molar-refractivity contribution in [2.45, 2.75) is 38.8 Å². The van der Waals surface area contributed by atoms with Crippen LogP contribution in [0.5, 0.6) is 0 Å². The molecule has 21 heavy (non-hydrogen) atoms. The summed E-state index contributed by atoms with van der Waals surface area (Å²) in [6.45, 7) is 5.71. The zero-order chi connectivity index (χ0) is 16.0. The number of likely N-dealkylation sites (N-methyl/N-ethyl adjacent to an activating group) is 1. The van der Waals surface area contributed by atoms with E-state index in [9.17, 15) is 9.59 Å². The number of nitrogens with zero attached hydrogens (tertiary/aromatic N) is 1. The highest BCUT2D eigenvalue weighted by atomic mass is 16.4. The maximum Gasteiger partial charge on any atom is 0.322 e. The number of carboxylic acids is 1. The SMILES string of the molecule is CN([C@@H](Cc1ccccc1)C(=O)NCC(=O)O)C(C)(C)C. The first kappa shape index (κ1) is 17.2. The van der Waals surface area contributed by atoms with Crippen LogP contribution in [0.25, 0.3) is 0 Å². The van der Waals surface area contributed by atoms with Gasteiger partial charge in [0.2, 0.25) is 5.91 Å². The number of nitrogens with one attached hydrogen (secondary N) is 1. The number of carboxylic acid groups (broad SMARTS) is 1. The summed E-state index contributed by atoms with van der Waals surface area (Å²) in [6.07, 6.45) is 0.542. The van der Waals surface area contributed by atoms with Crippen molar-refractivity contribution in [1.29, 1.82) is 0 Å². The largest absolute Gasteiger partial charge is 0.480 e. The molecule has 0 aliphatic rings. The molecule has 0 aromatic heterocycles.